The number of rotatable bonds is 5. The van der Waals surface area contributed by atoms with Crippen molar-refractivity contribution in [3.8, 4) is 0 Å². The number of para-hydroxylation sites is 1. The van der Waals surface area contributed by atoms with Crippen molar-refractivity contribution in [2.75, 3.05) is 12.3 Å². The molecule has 2 rings (SSSR count). The molecule has 1 aromatic carbocycles. The van der Waals surface area contributed by atoms with Gasteiger partial charge < -0.3 is 15.0 Å². The molecule has 0 aliphatic rings. The standard InChI is InChI=1S/C15H19N3O2/c1-3-8-20-15(19)14-9-17-10-18(14)11(2)12-6-4-5-7-13(12)16/h4-7,9-11H,3,8,16H2,1-2H3. The monoisotopic (exact) mass is 273 g/mol. The molecule has 0 spiro atoms. The molecule has 1 unspecified atom stereocenters. The van der Waals surface area contributed by atoms with Crippen LogP contribution in [0.25, 0.3) is 0 Å². The van der Waals surface area contributed by atoms with Crippen LogP contribution >= 0.6 is 0 Å². The molecule has 0 amide bonds. The Morgan fingerprint density at radius 2 is 2.20 bits per heavy atom. The summed E-state index contributed by atoms with van der Waals surface area (Å²) >= 11 is 0. The lowest BCUT2D eigenvalue weighted by molar-refractivity contribution is 0.0491. The van der Waals surface area contributed by atoms with E-state index in [1.165, 1.54) is 6.20 Å². The van der Waals surface area contributed by atoms with Crippen molar-refractivity contribution in [3.05, 3.63) is 48.0 Å². The average Bonchev–Trinajstić information content (AvgIpc) is 2.94. The number of esters is 1. The van der Waals surface area contributed by atoms with E-state index in [0.717, 1.165) is 12.0 Å². The summed E-state index contributed by atoms with van der Waals surface area (Å²) in [6.45, 7) is 4.34. The Morgan fingerprint density at radius 1 is 1.45 bits per heavy atom. The summed E-state index contributed by atoms with van der Waals surface area (Å²) in [7, 11) is 0. The predicted molar refractivity (Wildman–Crippen MR) is 77.5 cm³/mol. The summed E-state index contributed by atoms with van der Waals surface area (Å²) in [5.74, 6) is -0.356. The minimum atomic E-state index is -0.356. The number of nitrogen functional groups attached to an aromatic ring is 1. The third-order valence-corrected chi connectivity index (χ3v) is 3.18. The Hall–Kier alpha value is -2.30. The van der Waals surface area contributed by atoms with E-state index < -0.39 is 0 Å². The number of nitrogens with two attached hydrogens (primary N) is 1. The van der Waals surface area contributed by atoms with Gasteiger partial charge in [0.15, 0.2) is 0 Å². The van der Waals surface area contributed by atoms with E-state index in [1.807, 2.05) is 38.1 Å². The quantitative estimate of drug-likeness (QED) is 0.671. The van der Waals surface area contributed by atoms with Gasteiger partial charge in [-0.2, -0.15) is 0 Å². The SMILES string of the molecule is CCCOC(=O)c1cncn1C(C)c1ccccc1N. The average molecular weight is 273 g/mol. The van der Waals surface area contributed by atoms with Gasteiger partial charge in [-0.3, -0.25) is 0 Å². The third kappa shape index (κ3) is 2.82. The third-order valence-electron chi connectivity index (χ3n) is 3.18. The fourth-order valence-electron chi connectivity index (χ4n) is 2.08. The largest absolute Gasteiger partial charge is 0.461 e. The number of benzene rings is 1. The summed E-state index contributed by atoms with van der Waals surface area (Å²) in [5, 5.41) is 0. The molecule has 5 heteroatoms. The number of carbonyl (C=O) groups excluding carboxylic acids is 1. The van der Waals surface area contributed by atoms with Crippen molar-refractivity contribution in [1.82, 2.24) is 9.55 Å². The Labute approximate surface area is 118 Å². The Morgan fingerprint density at radius 3 is 2.90 bits per heavy atom. The van der Waals surface area contributed by atoms with Gasteiger partial charge in [-0.1, -0.05) is 25.1 Å². The highest BCUT2D eigenvalue weighted by molar-refractivity contribution is 5.87. The first-order chi connectivity index (χ1) is 9.65. The van der Waals surface area contributed by atoms with Gasteiger partial charge in [-0.05, 0) is 25.0 Å². The highest BCUT2D eigenvalue weighted by Gasteiger charge is 2.19. The number of nitrogens with zero attached hydrogens (tertiary/aromatic N) is 2. The number of hydrogen-bond acceptors (Lipinski definition) is 4. The molecule has 5 nitrogen and oxygen atoms in total. The van der Waals surface area contributed by atoms with Crippen molar-refractivity contribution in [3.63, 3.8) is 0 Å². The van der Waals surface area contributed by atoms with Crippen LogP contribution in [0.1, 0.15) is 42.4 Å². The van der Waals surface area contributed by atoms with Crippen LogP contribution < -0.4 is 5.73 Å². The summed E-state index contributed by atoms with van der Waals surface area (Å²) in [4.78, 5) is 16.0. The second-order valence-electron chi connectivity index (χ2n) is 4.63. The summed E-state index contributed by atoms with van der Waals surface area (Å²) in [5.41, 5.74) is 8.07. The second kappa shape index (κ2) is 6.23. The van der Waals surface area contributed by atoms with Crippen LogP contribution in [-0.4, -0.2) is 22.1 Å². The van der Waals surface area contributed by atoms with Crippen LogP contribution in [0.3, 0.4) is 0 Å². The molecule has 1 aromatic heterocycles. The van der Waals surface area contributed by atoms with E-state index in [2.05, 4.69) is 4.98 Å². The molecule has 106 valence electrons. The van der Waals surface area contributed by atoms with E-state index in [-0.39, 0.29) is 12.0 Å². The lowest BCUT2D eigenvalue weighted by Gasteiger charge is -2.18. The number of imidazole rings is 1. The zero-order chi connectivity index (χ0) is 14.5. The van der Waals surface area contributed by atoms with Crippen LogP contribution in [0, 0.1) is 0 Å². The minimum absolute atomic E-state index is 0.0807. The van der Waals surface area contributed by atoms with Gasteiger partial charge in [-0.25, -0.2) is 9.78 Å². The summed E-state index contributed by atoms with van der Waals surface area (Å²) < 4.78 is 6.94. The van der Waals surface area contributed by atoms with Crippen molar-refractivity contribution in [2.24, 2.45) is 0 Å². The zero-order valence-electron chi connectivity index (χ0n) is 11.7. The van der Waals surface area contributed by atoms with Crippen LogP contribution in [0.2, 0.25) is 0 Å². The summed E-state index contributed by atoms with van der Waals surface area (Å²) in [6, 6.07) is 7.52. The van der Waals surface area contributed by atoms with Gasteiger partial charge in [0.05, 0.1) is 25.2 Å². The molecule has 1 atom stereocenters. The molecule has 0 bridgehead atoms. The Balaban J connectivity index is 2.28. The first kappa shape index (κ1) is 14.1. The Kier molecular flexibility index (Phi) is 4.40. The van der Waals surface area contributed by atoms with Crippen molar-refractivity contribution >= 4 is 11.7 Å². The smallest absolute Gasteiger partial charge is 0.356 e. The molecule has 0 fully saturated rings. The molecular formula is C15H19N3O2. The van der Waals surface area contributed by atoms with Gasteiger partial charge in [0.25, 0.3) is 0 Å². The van der Waals surface area contributed by atoms with Crippen molar-refractivity contribution < 1.29 is 9.53 Å². The molecule has 0 saturated heterocycles. The maximum atomic E-state index is 12.0. The lowest BCUT2D eigenvalue weighted by Crippen LogP contribution is -2.16. The van der Waals surface area contributed by atoms with Gasteiger partial charge in [0, 0.05) is 5.69 Å². The maximum absolute atomic E-state index is 12.0. The van der Waals surface area contributed by atoms with E-state index in [4.69, 9.17) is 10.5 Å². The van der Waals surface area contributed by atoms with Crippen LogP contribution in [-0.2, 0) is 4.74 Å². The molecule has 0 radical (unpaired) electrons. The number of ether oxygens (including phenoxy) is 1. The van der Waals surface area contributed by atoms with Gasteiger partial charge in [0.1, 0.15) is 5.69 Å². The fraction of sp³-hybridized carbons (Fsp3) is 0.333. The molecule has 2 aromatic rings. The molecule has 0 saturated carbocycles. The number of anilines is 1. The van der Waals surface area contributed by atoms with Crippen molar-refractivity contribution in [1.29, 1.82) is 0 Å². The molecule has 0 aliphatic carbocycles. The van der Waals surface area contributed by atoms with Crippen molar-refractivity contribution in [2.45, 2.75) is 26.3 Å². The van der Waals surface area contributed by atoms with Crippen LogP contribution in [0.4, 0.5) is 5.69 Å². The topological polar surface area (TPSA) is 70.1 Å². The molecule has 20 heavy (non-hydrogen) atoms. The Bertz CT molecular complexity index is 592. The number of aromatic nitrogens is 2. The molecule has 1 heterocycles. The fourth-order valence-corrected chi connectivity index (χ4v) is 2.08. The minimum Gasteiger partial charge on any atom is -0.461 e. The van der Waals surface area contributed by atoms with E-state index in [0.29, 0.717) is 18.0 Å². The summed E-state index contributed by atoms with van der Waals surface area (Å²) in [6.07, 6.45) is 3.94. The molecule has 2 N–H and O–H groups in total. The van der Waals surface area contributed by atoms with Crippen LogP contribution in [0.5, 0.6) is 0 Å². The van der Waals surface area contributed by atoms with Gasteiger partial charge >= 0.3 is 5.97 Å². The number of hydrogen-bond donors (Lipinski definition) is 1. The first-order valence-electron chi connectivity index (χ1n) is 6.68. The normalized spacial score (nSPS) is 12.1. The molecular weight excluding hydrogens is 254 g/mol. The lowest BCUT2D eigenvalue weighted by atomic mass is 10.1. The van der Waals surface area contributed by atoms with Crippen LogP contribution in [0.15, 0.2) is 36.8 Å². The maximum Gasteiger partial charge on any atom is 0.356 e. The highest BCUT2D eigenvalue weighted by Crippen LogP contribution is 2.24. The second-order valence-corrected chi connectivity index (χ2v) is 4.63. The van der Waals surface area contributed by atoms with Gasteiger partial charge in [0.2, 0.25) is 0 Å². The predicted octanol–water partition coefficient (Wildman–Crippen LogP) is 2.64. The zero-order valence-corrected chi connectivity index (χ0v) is 11.7. The van der Waals surface area contributed by atoms with Gasteiger partial charge in [-0.15, -0.1) is 0 Å². The van der Waals surface area contributed by atoms with E-state index >= 15 is 0 Å². The van der Waals surface area contributed by atoms with E-state index in [1.54, 1.807) is 10.9 Å². The highest BCUT2D eigenvalue weighted by atomic mass is 16.5. The van der Waals surface area contributed by atoms with E-state index in [9.17, 15) is 4.79 Å². The first-order valence-corrected chi connectivity index (χ1v) is 6.68. The molecule has 0 aliphatic heterocycles. The number of carbonyl (C=O) groups is 1.